The van der Waals surface area contributed by atoms with Crippen molar-refractivity contribution in [1.82, 2.24) is 15.6 Å². The SMILES string of the molecule is CCN=C(NC1CCN(c2ccccn2)CC1)NC1CC1c1ccccc1F.I. The summed E-state index contributed by atoms with van der Waals surface area (Å²) in [4.78, 5) is 11.4. The lowest BCUT2D eigenvalue weighted by Gasteiger charge is -2.33. The van der Waals surface area contributed by atoms with Gasteiger partial charge < -0.3 is 15.5 Å². The minimum absolute atomic E-state index is 0. The Morgan fingerprint density at radius 1 is 1.14 bits per heavy atom. The normalized spacial score (nSPS) is 22.0. The van der Waals surface area contributed by atoms with Crippen LogP contribution < -0.4 is 15.5 Å². The third-order valence-electron chi connectivity index (χ3n) is 5.54. The topological polar surface area (TPSA) is 52.6 Å². The molecule has 0 spiro atoms. The van der Waals surface area contributed by atoms with Gasteiger partial charge in [-0.2, -0.15) is 0 Å². The number of hydrogen-bond donors (Lipinski definition) is 2. The first-order chi connectivity index (χ1) is 13.7. The predicted molar refractivity (Wildman–Crippen MR) is 127 cm³/mol. The molecule has 2 aliphatic rings. The van der Waals surface area contributed by atoms with Gasteiger partial charge >= 0.3 is 0 Å². The Labute approximate surface area is 189 Å². The van der Waals surface area contributed by atoms with Crippen molar-refractivity contribution in [1.29, 1.82) is 0 Å². The standard InChI is InChI=1S/C22H28FN5.HI/c1-2-24-22(27-20-15-18(20)17-7-3-4-8-19(17)23)26-16-10-13-28(14-11-16)21-9-5-6-12-25-21;/h3-9,12,16,18,20H,2,10-11,13-15H2,1H3,(H2,24,26,27);1H. The van der Waals surface area contributed by atoms with E-state index in [0.717, 1.165) is 56.2 Å². The molecular formula is C22H29FIN5. The molecule has 2 unspecified atom stereocenters. The third-order valence-corrected chi connectivity index (χ3v) is 5.54. The molecule has 2 aromatic rings. The first-order valence-corrected chi connectivity index (χ1v) is 10.2. The summed E-state index contributed by atoms with van der Waals surface area (Å²) in [6.45, 7) is 4.72. The number of rotatable bonds is 5. The lowest BCUT2D eigenvalue weighted by Crippen LogP contribution is -2.49. The number of piperidine rings is 1. The van der Waals surface area contributed by atoms with Crippen molar-refractivity contribution < 1.29 is 4.39 Å². The second-order valence-electron chi connectivity index (χ2n) is 7.53. The van der Waals surface area contributed by atoms with E-state index in [1.807, 2.05) is 37.4 Å². The fourth-order valence-corrected chi connectivity index (χ4v) is 3.93. The van der Waals surface area contributed by atoms with Gasteiger partial charge in [0, 0.05) is 43.8 Å². The van der Waals surface area contributed by atoms with Gasteiger partial charge in [0.15, 0.2) is 5.96 Å². The van der Waals surface area contributed by atoms with E-state index in [1.54, 1.807) is 12.1 Å². The fourth-order valence-electron chi connectivity index (χ4n) is 3.93. The molecule has 29 heavy (non-hydrogen) atoms. The third kappa shape index (κ3) is 5.58. The molecule has 156 valence electrons. The summed E-state index contributed by atoms with van der Waals surface area (Å²) in [7, 11) is 0. The maximum atomic E-state index is 14.0. The highest BCUT2D eigenvalue weighted by molar-refractivity contribution is 14.0. The molecule has 2 atom stereocenters. The zero-order valence-electron chi connectivity index (χ0n) is 16.7. The molecule has 1 aromatic heterocycles. The number of hydrogen-bond acceptors (Lipinski definition) is 3. The van der Waals surface area contributed by atoms with Crippen molar-refractivity contribution in [2.45, 2.75) is 44.2 Å². The quantitative estimate of drug-likeness (QED) is 0.365. The van der Waals surface area contributed by atoms with E-state index in [0.29, 0.717) is 6.04 Å². The summed E-state index contributed by atoms with van der Waals surface area (Å²) in [6, 6.07) is 13.8. The number of aromatic nitrogens is 1. The van der Waals surface area contributed by atoms with Crippen LogP contribution in [-0.4, -0.2) is 42.7 Å². The maximum Gasteiger partial charge on any atom is 0.191 e. The number of pyridine rings is 1. The van der Waals surface area contributed by atoms with Crippen LogP contribution in [-0.2, 0) is 0 Å². The summed E-state index contributed by atoms with van der Waals surface area (Å²) in [5.41, 5.74) is 0.805. The molecule has 1 aromatic carbocycles. The summed E-state index contributed by atoms with van der Waals surface area (Å²) in [5.74, 6) is 2.02. The second-order valence-corrected chi connectivity index (χ2v) is 7.53. The highest BCUT2D eigenvalue weighted by atomic mass is 127. The van der Waals surface area contributed by atoms with E-state index < -0.39 is 0 Å². The molecule has 0 bridgehead atoms. The van der Waals surface area contributed by atoms with Crippen LogP contribution in [0.5, 0.6) is 0 Å². The van der Waals surface area contributed by atoms with Gasteiger partial charge in [0.25, 0.3) is 0 Å². The van der Waals surface area contributed by atoms with E-state index in [-0.39, 0.29) is 41.8 Å². The van der Waals surface area contributed by atoms with Gasteiger partial charge in [-0.3, -0.25) is 4.99 Å². The molecule has 1 aliphatic carbocycles. The maximum absolute atomic E-state index is 14.0. The number of nitrogens with zero attached hydrogens (tertiary/aromatic N) is 3. The molecule has 2 heterocycles. The molecule has 0 amide bonds. The Bertz CT molecular complexity index is 808. The van der Waals surface area contributed by atoms with Gasteiger partial charge in [-0.05, 0) is 49.9 Å². The van der Waals surface area contributed by atoms with Crippen molar-refractivity contribution in [2.24, 2.45) is 4.99 Å². The van der Waals surface area contributed by atoms with Crippen molar-refractivity contribution >= 4 is 35.8 Å². The Balaban J connectivity index is 0.00000240. The molecule has 2 fully saturated rings. The van der Waals surface area contributed by atoms with E-state index in [1.165, 1.54) is 0 Å². The molecule has 4 rings (SSSR count). The summed E-state index contributed by atoms with van der Waals surface area (Å²) in [6.07, 6.45) is 4.88. The minimum atomic E-state index is -0.111. The van der Waals surface area contributed by atoms with Crippen molar-refractivity contribution in [2.75, 3.05) is 24.5 Å². The molecule has 1 aliphatic heterocycles. The monoisotopic (exact) mass is 509 g/mol. The van der Waals surface area contributed by atoms with Crippen molar-refractivity contribution in [3.63, 3.8) is 0 Å². The van der Waals surface area contributed by atoms with E-state index in [2.05, 4.69) is 31.6 Å². The average molecular weight is 509 g/mol. The Morgan fingerprint density at radius 2 is 1.90 bits per heavy atom. The Kier molecular flexibility index (Phi) is 7.69. The van der Waals surface area contributed by atoms with Crippen LogP contribution in [0.15, 0.2) is 53.7 Å². The number of aliphatic imine (C=N–C) groups is 1. The van der Waals surface area contributed by atoms with Crippen LogP contribution in [0.4, 0.5) is 10.2 Å². The Hall–Kier alpha value is -1.90. The lowest BCUT2D eigenvalue weighted by molar-refractivity contribution is 0.459. The van der Waals surface area contributed by atoms with Crippen molar-refractivity contribution in [3.05, 3.63) is 60.0 Å². The molecular weight excluding hydrogens is 480 g/mol. The van der Waals surface area contributed by atoms with Crippen LogP contribution in [0.25, 0.3) is 0 Å². The Morgan fingerprint density at radius 3 is 2.59 bits per heavy atom. The van der Waals surface area contributed by atoms with Gasteiger partial charge in [-0.25, -0.2) is 9.37 Å². The number of anilines is 1. The zero-order valence-corrected chi connectivity index (χ0v) is 19.1. The van der Waals surface area contributed by atoms with E-state index >= 15 is 0 Å². The molecule has 5 nitrogen and oxygen atoms in total. The van der Waals surface area contributed by atoms with Gasteiger partial charge in [-0.1, -0.05) is 24.3 Å². The first-order valence-electron chi connectivity index (χ1n) is 10.2. The lowest BCUT2D eigenvalue weighted by atomic mass is 10.1. The van der Waals surface area contributed by atoms with Crippen LogP contribution >= 0.6 is 24.0 Å². The smallest absolute Gasteiger partial charge is 0.191 e. The molecule has 2 N–H and O–H groups in total. The van der Waals surface area contributed by atoms with Crippen molar-refractivity contribution in [3.8, 4) is 0 Å². The van der Waals surface area contributed by atoms with Crippen LogP contribution in [0.1, 0.15) is 37.7 Å². The summed E-state index contributed by atoms with van der Waals surface area (Å²) < 4.78 is 14.0. The number of benzene rings is 1. The predicted octanol–water partition coefficient (Wildman–Crippen LogP) is 3.92. The van der Waals surface area contributed by atoms with Gasteiger partial charge in [0.1, 0.15) is 11.6 Å². The highest BCUT2D eigenvalue weighted by Gasteiger charge is 2.40. The van der Waals surface area contributed by atoms with Gasteiger partial charge in [0.05, 0.1) is 0 Å². The minimum Gasteiger partial charge on any atom is -0.356 e. The molecule has 1 saturated heterocycles. The number of guanidine groups is 1. The first kappa shape index (κ1) is 21.8. The number of halogens is 2. The van der Waals surface area contributed by atoms with Crippen LogP contribution in [0.3, 0.4) is 0 Å². The second kappa shape index (κ2) is 10.2. The zero-order chi connectivity index (χ0) is 19.3. The summed E-state index contributed by atoms with van der Waals surface area (Å²) >= 11 is 0. The van der Waals surface area contributed by atoms with E-state index in [9.17, 15) is 4.39 Å². The van der Waals surface area contributed by atoms with Crippen LogP contribution in [0, 0.1) is 5.82 Å². The van der Waals surface area contributed by atoms with Gasteiger partial charge in [0.2, 0.25) is 0 Å². The largest absolute Gasteiger partial charge is 0.356 e. The van der Waals surface area contributed by atoms with Gasteiger partial charge in [-0.15, -0.1) is 24.0 Å². The highest BCUT2D eigenvalue weighted by Crippen LogP contribution is 2.41. The fraction of sp³-hybridized carbons (Fsp3) is 0.455. The van der Waals surface area contributed by atoms with E-state index in [4.69, 9.17) is 0 Å². The average Bonchev–Trinajstić information content (AvgIpc) is 3.48. The molecule has 0 radical (unpaired) electrons. The van der Waals surface area contributed by atoms with Crippen LogP contribution in [0.2, 0.25) is 0 Å². The summed E-state index contributed by atoms with van der Waals surface area (Å²) in [5, 5.41) is 7.09. The molecule has 7 heteroatoms. The molecule has 1 saturated carbocycles. The number of nitrogens with one attached hydrogen (secondary N) is 2.